The molecule has 0 bridgehead atoms. The fraction of sp³-hybridized carbons (Fsp3) is 0.667. The number of piperidine rings is 1. The summed E-state index contributed by atoms with van der Waals surface area (Å²) >= 11 is 0. The Hall–Kier alpha value is -1.89. The number of nitrogens with one attached hydrogen (secondary N) is 1. The summed E-state index contributed by atoms with van der Waals surface area (Å²) in [5.74, 6) is -0.529. The van der Waals surface area contributed by atoms with Crippen LogP contribution in [0.4, 0.5) is 5.69 Å². The van der Waals surface area contributed by atoms with Crippen molar-refractivity contribution in [1.82, 2.24) is 14.7 Å². The van der Waals surface area contributed by atoms with Crippen molar-refractivity contribution >= 4 is 17.5 Å². The summed E-state index contributed by atoms with van der Waals surface area (Å²) in [6.07, 6.45) is 1.68. The van der Waals surface area contributed by atoms with Crippen molar-refractivity contribution in [3.63, 3.8) is 0 Å². The van der Waals surface area contributed by atoms with Crippen LogP contribution in [0.5, 0.6) is 0 Å². The molecule has 1 fully saturated rings. The topological polar surface area (TPSA) is 93.2 Å². The van der Waals surface area contributed by atoms with E-state index in [2.05, 4.69) is 17.3 Å². The third-order valence-corrected chi connectivity index (χ3v) is 4.53. The Kier molecular flexibility index (Phi) is 4.85. The van der Waals surface area contributed by atoms with E-state index < -0.39 is 0 Å². The number of nitrogens with two attached hydrogens (primary N) is 1. The second-order valence-electron chi connectivity index (χ2n) is 6.17. The third-order valence-electron chi connectivity index (χ3n) is 4.53. The van der Waals surface area contributed by atoms with Crippen LogP contribution in [-0.4, -0.2) is 45.6 Å². The second kappa shape index (κ2) is 6.48. The van der Waals surface area contributed by atoms with Crippen LogP contribution in [0.3, 0.4) is 0 Å². The number of carbonyl (C=O) groups excluding carboxylic acids is 2. The lowest BCUT2D eigenvalue weighted by atomic mass is 9.93. The van der Waals surface area contributed by atoms with Crippen molar-refractivity contribution in [3.8, 4) is 0 Å². The molecule has 1 aromatic rings. The van der Waals surface area contributed by atoms with Crippen molar-refractivity contribution in [1.29, 1.82) is 0 Å². The van der Waals surface area contributed by atoms with Gasteiger partial charge in [0, 0.05) is 19.6 Å². The van der Waals surface area contributed by atoms with Crippen LogP contribution < -0.4 is 11.1 Å². The van der Waals surface area contributed by atoms with Gasteiger partial charge in [-0.3, -0.25) is 19.2 Å². The molecule has 0 saturated carbocycles. The maximum atomic E-state index is 12.3. The number of carbonyl (C=O) groups is 2. The predicted octanol–water partition coefficient (Wildman–Crippen LogP) is 0.561. The largest absolute Gasteiger partial charge is 0.369 e. The summed E-state index contributed by atoms with van der Waals surface area (Å²) in [4.78, 5) is 25.7. The Labute approximate surface area is 130 Å². The zero-order chi connectivity index (χ0) is 16.4. The standard InChI is InChI=1S/C15H25N5O2/c1-9-5-6-12(15(16)22)7-20(9)8-13(21)17-14-10(2)18-19(4)11(14)3/h9,12H,5-8H2,1-4H3,(H2,16,22)(H,17,21). The molecule has 2 amide bonds. The summed E-state index contributed by atoms with van der Waals surface area (Å²) < 4.78 is 1.75. The molecule has 0 radical (unpaired) electrons. The van der Waals surface area contributed by atoms with Gasteiger partial charge in [-0.25, -0.2) is 0 Å². The van der Waals surface area contributed by atoms with Gasteiger partial charge in [0.05, 0.1) is 29.5 Å². The monoisotopic (exact) mass is 307 g/mol. The molecule has 1 saturated heterocycles. The van der Waals surface area contributed by atoms with Gasteiger partial charge in [-0.15, -0.1) is 0 Å². The molecule has 0 spiro atoms. The van der Waals surface area contributed by atoms with Gasteiger partial charge < -0.3 is 11.1 Å². The summed E-state index contributed by atoms with van der Waals surface area (Å²) in [6, 6.07) is 0.275. The van der Waals surface area contributed by atoms with Crippen molar-refractivity contribution in [2.24, 2.45) is 18.7 Å². The molecule has 0 aromatic carbocycles. The highest BCUT2D eigenvalue weighted by molar-refractivity contribution is 5.93. The summed E-state index contributed by atoms with van der Waals surface area (Å²) in [7, 11) is 1.85. The smallest absolute Gasteiger partial charge is 0.238 e. The highest BCUT2D eigenvalue weighted by Gasteiger charge is 2.29. The first-order valence-corrected chi connectivity index (χ1v) is 7.63. The van der Waals surface area contributed by atoms with Gasteiger partial charge in [-0.1, -0.05) is 0 Å². The zero-order valence-corrected chi connectivity index (χ0v) is 13.7. The minimum absolute atomic E-state index is 0.0869. The molecule has 2 rings (SSSR count). The van der Waals surface area contributed by atoms with Gasteiger partial charge in [0.1, 0.15) is 0 Å². The minimum atomic E-state index is -0.281. The maximum Gasteiger partial charge on any atom is 0.238 e. The molecular weight excluding hydrogens is 282 g/mol. The maximum absolute atomic E-state index is 12.3. The van der Waals surface area contributed by atoms with Crippen LogP contribution >= 0.6 is 0 Å². The first-order chi connectivity index (χ1) is 10.3. The van der Waals surface area contributed by atoms with Crippen LogP contribution in [0, 0.1) is 19.8 Å². The highest BCUT2D eigenvalue weighted by atomic mass is 16.2. The Morgan fingerprint density at radius 2 is 2.05 bits per heavy atom. The zero-order valence-electron chi connectivity index (χ0n) is 13.7. The number of hydrogen-bond donors (Lipinski definition) is 2. The number of nitrogens with zero attached hydrogens (tertiary/aromatic N) is 3. The van der Waals surface area contributed by atoms with E-state index in [4.69, 9.17) is 5.73 Å². The number of primary amides is 1. The fourth-order valence-corrected chi connectivity index (χ4v) is 2.95. The Balaban J connectivity index is 2.00. The summed E-state index contributed by atoms with van der Waals surface area (Å²) in [5, 5.41) is 7.22. The number of anilines is 1. The van der Waals surface area contributed by atoms with Crippen LogP contribution in [-0.2, 0) is 16.6 Å². The molecule has 2 atom stereocenters. The molecule has 7 heteroatoms. The molecular formula is C15H25N5O2. The van der Waals surface area contributed by atoms with Gasteiger partial charge >= 0.3 is 0 Å². The number of amides is 2. The van der Waals surface area contributed by atoms with Crippen LogP contribution in [0.25, 0.3) is 0 Å². The van der Waals surface area contributed by atoms with E-state index in [0.717, 1.165) is 29.9 Å². The van der Waals surface area contributed by atoms with Crippen molar-refractivity contribution in [3.05, 3.63) is 11.4 Å². The number of likely N-dealkylation sites (tertiary alicyclic amines) is 1. The second-order valence-corrected chi connectivity index (χ2v) is 6.17. The van der Waals surface area contributed by atoms with Gasteiger partial charge in [0.25, 0.3) is 0 Å². The number of rotatable bonds is 4. The Bertz CT molecular complexity index is 581. The Morgan fingerprint density at radius 1 is 1.36 bits per heavy atom. The van der Waals surface area contributed by atoms with Crippen LogP contribution in [0.1, 0.15) is 31.2 Å². The predicted molar refractivity (Wildman–Crippen MR) is 84.3 cm³/mol. The first-order valence-electron chi connectivity index (χ1n) is 7.63. The highest BCUT2D eigenvalue weighted by Crippen LogP contribution is 2.22. The average molecular weight is 307 g/mol. The average Bonchev–Trinajstić information content (AvgIpc) is 2.67. The number of hydrogen-bond acceptors (Lipinski definition) is 4. The van der Waals surface area contributed by atoms with Gasteiger partial charge in [-0.05, 0) is 33.6 Å². The van der Waals surface area contributed by atoms with E-state index in [-0.39, 0.29) is 30.3 Å². The van der Waals surface area contributed by atoms with Crippen molar-refractivity contribution in [2.75, 3.05) is 18.4 Å². The molecule has 1 aromatic heterocycles. The van der Waals surface area contributed by atoms with E-state index in [1.807, 2.05) is 25.8 Å². The fourth-order valence-electron chi connectivity index (χ4n) is 2.95. The molecule has 1 aliphatic rings. The van der Waals surface area contributed by atoms with Gasteiger partial charge in [0.2, 0.25) is 11.8 Å². The van der Waals surface area contributed by atoms with Gasteiger partial charge in [0.15, 0.2) is 0 Å². The Morgan fingerprint density at radius 3 is 2.59 bits per heavy atom. The van der Waals surface area contributed by atoms with Crippen molar-refractivity contribution in [2.45, 2.75) is 39.7 Å². The van der Waals surface area contributed by atoms with Crippen molar-refractivity contribution < 1.29 is 9.59 Å². The van der Waals surface area contributed by atoms with Crippen LogP contribution in [0.15, 0.2) is 0 Å². The minimum Gasteiger partial charge on any atom is -0.369 e. The molecule has 0 aliphatic carbocycles. The molecule has 2 heterocycles. The molecule has 1 aliphatic heterocycles. The molecule has 2 unspecified atom stereocenters. The van der Waals surface area contributed by atoms with E-state index in [1.54, 1.807) is 4.68 Å². The molecule has 3 N–H and O–H groups in total. The lowest BCUT2D eigenvalue weighted by molar-refractivity contribution is -0.126. The van der Waals surface area contributed by atoms with E-state index in [1.165, 1.54) is 0 Å². The van der Waals surface area contributed by atoms with Gasteiger partial charge in [-0.2, -0.15) is 5.10 Å². The van der Waals surface area contributed by atoms with Crippen LogP contribution in [0.2, 0.25) is 0 Å². The van der Waals surface area contributed by atoms with E-state index in [0.29, 0.717) is 6.54 Å². The van der Waals surface area contributed by atoms with E-state index in [9.17, 15) is 9.59 Å². The number of aromatic nitrogens is 2. The number of aryl methyl sites for hydroxylation is 2. The summed E-state index contributed by atoms with van der Waals surface area (Å²) in [5.41, 5.74) is 7.89. The SMILES string of the molecule is Cc1nn(C)c(C)c1NC(=O)CN1CC(C(N)=O)CCC1C. The quantitative estimate of drug-likeness (QED) is 0.850. The van der Waals surface area contributed by atoms with E-state index >= 15 is 0 Å². The summed E-state index contributed by atoms with van der Waals surface area (Å²) in [6.45, 7) is 6.68. The lowest BCUT2D eigenvalue weighted by Gasteiger charge is -2.36. The molecule has 122 valence electrons. The third kappa shape index (κ3) is 3.47. The molecule has 22 heavy (non-hydrogen) atoms. The molecule has 7 nitrogen and oxygen atoms in total. The first kappa shape index (κ1) is 16.5. The lowest BCUT2D eigenvalue weighted by Crippen LogP contribution is -2.48. The normalized spacial score (nSPS) is 22.5.